The van der Waals surface area contributed by atoms with Gasteiger partial charge in [-0.2, -0.15) is 0 Å². The molecule has 0 spiro atoms. The first kappa shape index (κ1) is 19.9. The first-order chi connectivity index (χ1) is 13.3. The van der Waals surface area contributed by atoms with Crippen LogP contribution in [0.3, 0.4) is 0 Å². The zero-order chi connectivity index (χ0) is 20.4. The second kappa shape index (κ2) is 8.00. The predicted molar refractivity (Wildman–Crippen MR) is 102 cm³/mol. The van der Waals surface area contributed by atoms with Crippen molar-refractivity contribution in [2.24, 2.45) is 5.92 Å². The monoisotopic (exact) mass is 387 g/mol. The Balaban J connectivity index is 1.64. The lowest BCUT2D eigenvalue weighted by molar-refractivity contribution is -0.145. The van der Waals surface area contributed by atoms with E-state index in [4.69, 9.17) is 5.11 Å². The minimum atomic E-state index is -0.889. The molecule has 0 radical (unpaired) electrons. The molecular weight excluding hydrogens is 362 g/mol. The summed E-state index contributed by atoms with van der Waals surface area (Å²) in [7, 11) is 1.56. The highest BCUT2D eigenvalue weighted by molar-refractivity contribution is 5.99. The fraction of sp³-hybridized carbons (Fsp3) is 0.500. The molecule has 1 atom stereocenters. The predicted octanol–water partition coefficient (Wildman–Crippen LogP) is 0.991. The molecule has 3 amide bonds. The highest BCUT2D eigenvalue weighted by Crippen LogP contribution is 2.29. The maximum Gasteiger partial charge on any atom is 0.308 e. The molecule has 1 N–H and O–H groups in total. The summed E-state index contributed by atoms with van der Waals surface area (Å²) in [5.41, 5.74) is 2.25. The van der Waals surface area contributed by atoms with Gasteiger partial charge in [0.1, 0.15) is 0 Å². The number of benzene rings is 1. The molecule has 8 heteroatoms. The lowest BCUT2D eigenvalue weighted by Gasteiger charge is -2.32. The minimum absolute atomic E-state index is 0.0262. The van der Waals surface area contributed by atoms with Crippen LogP contribution in [-0.2, 0) is 20.8 Å². The Morgan fingerprint density at radius 2 is 1.96 bits per heavy atom. The summed E-state index contributed by atoms with van der Waals surface area (Å²) in [6, 6.07) is 5.22. The molecule has 1 saturated heterocycles. The molecule has 2 aliphatic rings. The number of carbonyl (C=O) groups is 4. The molecular formula is C20H25N3O5. The van der Waals surface area contributed by atoms with E-state index in [0.717, 1.165) is 11.3 Å². The highest BCUT2D eigenvalue weighted by atomic mass is 16.4. The largest absolute Gasteiger partial charge is 0.481 e. The Bertz CT molecular complexity index is 822. The first-order valence-corrected chi connectivity index (χ1v) is 9.45. The summed E-state index contributed by atoms with van der Waals surface area (Å²) in [5, 5.41) is 9.16. The lowest BCUT2D eigenvalue weighted by Crippen LogP contribution is -2.46. The summed E-state index contributed by atoms with van der Waals surface area (Å²) in [4.78, 5) is 52.6. The van der Waals surface area contributed by atoms with Gasteiger partial charge in [-0.05, 0) is 43.0 Å². The topological polar surface area (TPSA) is 98.2 Å². The van der Waals surface area contributed by atoms with Crippen LogP contribution >= 0.6 is 0 Å². The summed E-state index contributed by atoms with van der Waals surface area (Å²) in [6.45, 7) is 2.74. The Hall–Kier alpha value is -2.90. The fourth-order valence-electron chi connectivity index (χ4n) is 3.86. The number of piperidine rings is 1. The van der Waals surface area contributed by atoms with Gasteiger partial charge in [0.25, 0.3) is 5.91 Å². The van der Waals surface area contributed by atoms with Gasteiger partial charge in [-0.15, -0.1) is 0 Å². The third kappa shape index (κ3) is 4.00. The Labute approximate surface area is 163 Å². The molecule has 1 unspecified atom stereocenters. The molecule has 0 bridgehead atoms. The van der Waals surface area contributed by atoms with Gasteiger partial charge in [-0.1, -0.05) is 0 Å². The van der Waals surface area contributed by atoms with Crippen LogP contribution in [0.1, 0.15) is 35.7 Å². The Morgan fingerprint density at radius 1 is 1.21 bits per heavy atom. The number of hydrogen-bond acceptors (Lipinski definition) is 4. The van der Waals surface area contributed by atoms with E-state index in [-0.39, 0.29) is 30.8 Å². The van der Waals surface area contributed by atoms with E-state index in [1.54, 1.807) is 30.1 Å². The molecule has 2 aliphatic heterocycles. The third-order valence-corrected chi connectivity index (χ3v) is 5.44. The van der Waals surface area contributed by atoms with E-state index < -0.39 is 11.9 Å². The number of anilines is 1. The average Bonchev–Trinajstić information content (AvgIpc) is 3.10. The van der Waals surface area contributed by atoms with Gasteiger partial charge in [-0.25, -0.2) is 0 Å². The summed E-state index contributed by atoms with van der Waals surface area (Å²) in [5.74, 6) is -1.98. The zero-order valence-electron chi connectivity index (χ0n) is 16.2. The molecule has 0 saturated carbocycles. The second-order valence-electron chi connectivity index (χ2n) is 7.44. The summed E-state index contributed by atoms with van der Waals surface area (Å²) >= 11 is 0. The molecule has 1 fully saturated rings. The molecule has 0 aromatic heterocycles. The maximum atomic E-state index is 12.7. The van der Waals surface area contributed by atoms with Crippen molar-refractivity contribution >= 4 is 29.4 Å². The van der Waals surface area contributed by atoms with E-state index in [1.165, 1.54) is 16.7 Å². The molecule has 1 aromatic rings. The number of carboxylic acids is 1. The number of hydrogen-bond donors (Lipinski definition) is 1. The number of rotatable bonds is 4. The van der Waals surface area contributed by atoms with Crippen LogP contribution in [0.25, 0.3) is 0 Å². The van der Waals surface area contributed by atoms with Crippen molar-refractivity contribution in [2.75, 3.05) is 38.1 Å². The van der Waals surface area contributed by atoms with Gasteiger partial charge in [0, 0.05) is 44.9 Å². The number of carbonyl (C=O) groups excluding carboxylic acids is 3. The van der Waals surface area contributed by atoms with Crippen LogP contribution < -0.4 is 4.90 Å². The Kier molecular flexibility index (Phi) is 5.67. The lowest BCUT2D eigenvalue weighted by atomic mass is 9.98. The number of fused-ring (bicyclic) bond motifs is 1. The van der Waals surface area contributed by atoms with Crippen molar-refractivity contribution in [3.63, 3.8) is 0 Å². The number of aliphatic carboxylic acids is 1. The molecule has 150 valence electrons. The van der Waals surface area contributed by atoms with E-state index >= 15 is 0 Å². The van der Waals surface area contributed by atoms with Gasteiger partial charge < -0.3 is 19.8 Å². The van der Waals surface area contributed by atoms with Crippen LogP contribution in [0, 0.1) is 5.92 Å². The summed E-state index contributed by atoms with van der Waals surface area (Å²) < 4.78 is 0. The van der Waals surface area contributed by atoms with Crippen LogP contribution in [0.4, 0.5) is 5.69 Å². The highest BCUT2D eigenvalue weighted by Gasteiger charge is 2.29. The standard InChI is InChI=1S/C20H25N3O5/c1-13(24)23-9-7-14-10-15(5-6-17(14)23)19(26)21(2)12-18(25)22-8-3-4-16(11-22)20(27)28/h5-6,10,16H,3-4,7-9,11-12H2,1-2H3,(H,27,28). The van der Waals surface area contributed by atoms with Gasteiger partial charge in [0.2, 0.25) is 11.8 Å². The van der Waals surface area contributed by atoms with Gasteiger partial charge >= 0.3 is 5.97 Å². The SMILES string of the molecule is CC(=O)N1CCc2cc(C(=O)N(C)CC(=O)N3CCCC(C(=O)O)C3)ccc21. The van der Waals surface area contributed by atoms with Crippen molar-refractivity contribution < 1.29 is 24.3 Å². The average molecular weight is 387 g/mol. The molecule has 0 aliphatic carbocycles. The van der Waals surface area contributed by atoms with Crippen LogP contribution in [0.2, 0.25) is 0 Å². The second-order valence-corrected chi connectivity index (χ2v) is 7.44. The minimum Gasteiger partial charge on any atom is -0.481 e. The molecule has 8 nitrogen and oxygen atoms in total. The van der Waals surface area contributed by atoms with Crippen molar-refractivity contribution in [1.82, 2.24) is 9.80 Å². The van der Waals surface area contributed by atoms with Crippen LogP contribution in [-0.4, -0.2) is 71.8 Å². The number of likely N-dealkylation sites (tertiary alicyclic amines) is 1. The molecule has 1 aromatic carbocycles. The van der Waals surface area contributed by atoms with E-state index in [2.05, 4.69) is 0 Å². The number of amides is 3. The number of likely N-dealkylation sites (N-methyl/N-ethyl adjacent to an activating group) is 1. The van der Waals surface area contributed by atoms with Gasteiger partial charge in [0.05, 0.1) is 12.5 Å². The normalized spacial score (nSPS) is 18.6. The summed E-state index contributed by atoms with van der Waals surface area (Å²) in [6.07, 6.45) is 1.92. The van der Waals surface area contributed by atoms with Crippen molar-refractivity contribution in [2.45, 2.75) is 26.2 Å². The zero-order valence-corrected chi connectivity index (χ0v) is 16.2. The van der Waals surface area contributed by atoms with Gasteiger partial charge in [-0.3, -0.25) is 19.2 Å². The first-order valence-electron chi connectivity index (χ1n) is 9.45. The van der Waals surface area contributed by atoms with Crippen molar-refractivity contribution in [3.8, 4) is 0 Å². The van der Waals surface area contributed by atoms with Crippen molar-refractivity contribution in [3.05, 3.63) is 29.3 Å². The smallest absolute Gasteiger partial charge is 0.308 e. The van der Waals surface area contributed by atoms with Crippen LogP contribution in [0.15, 0.2) is 18.2 Å². The van der Waals surface area contributed by atoms with E-state index in [9.17, 15) is 19.2 Å². The Morgan fingerprint density at radius 3 is 2.64 bits per heavy atom. The fourth-order valence-corrected chi connectivity index (χ4v) is 3.86. The molecule has 28 heavy (non-hydrogen) atoms. The van der Waals surface area contributed by atoms with Gasteiger partial charge in [0.15, 0.2) is 0 Å². The quantitative estimate of drug-likeness (QED) is 0.831. The van der Waals surface area contributed by atoms with E-state index in [0.29, 0.717) is 37.9 Å². The van der Waals surface area contributed by atoms with Crippen molar-refractivity contribution in [1.29, 1.82) is 0 Å². The molecule has 3 rings (SSSR count). The van der Waals surface area contributed by atoms with E-state index in [1.807, 2.05) is 0 Å². The number of carboxylic acid groups (broad SMARTS) is 1. The number of nitrogens with zero attached hydrogens (tertiary/aromatic N) is 3. The third-order valence-electron chi connectivity index (χ3n) is 5.44. The molecule has 2 heterocycles. The van der Waals surface area contributed by atoms with Crippen LogP contribution in [0.5, 0.6) is 0 Å². The maximum absolute atomic E-state index is 12.7.